The van der Waals surface area contributed by atoms with Crippen LogP contribution in [0.25, 0.3) is 0 Å². The minimum Gasteiger partial charge on any atom is -0.377 e. The zero-order chi connectivity index (χ0) is 15.2. The lowest BCUT2D eigenvalue weighted by Crippen LogP contribution is -2.43. The molecule has 3 nitrogen and oxygen atoms in total. The molecule has 110 valence electrons. The van der Waals surface area contributed by atoms with Crippen LogP contribution in [0.5, 0.6) is 0 Å². The van der Waals surface area contributed by atoms with Crippen LogP contribution in [0.15, 0.2) is 66.9 Å². The van der Waals surface area contributed by atoms with E-state index in [1.807, 2.05) is 30.0 Å². The zero-order valence-electron chi connectivity index (χ0n) is 12.5. The highest BCUT2D eigenvalue weighted by molar-refractivity contribution is 5.95. The third kappa shape index (κ3) is 3.24. The number of hydrogen-bond donors (Lipinski definition) is 1. The van der Waals surface area contributed by atoms with Crippen LogP contribution in [0, 0.1) is 0 Å². The molecule has 0 fully saturated rings. The molecule has 21 heavy (non-hydrogen) atoms. The van der Waals surface area contributed by atoms with Crippen LogP contribution in [0.4, 0.5) is 0 Å². The van der Waals surface area contributed by atoms with Crippen LogP contribution in [0.1, 0.15) is 24.9 Å². The fraction of sp³-hybridized carbons (Fsp3) is 0.278. The van der Waals surface area contributed by atoms with Crippen LogP contribution in [-0.4, -0.2) is 23.9 Å². The molecule has 1 aromatic rings. The maximum Gasteiger partial charge on any atom is 0.270 e. The molecule has 2 rings (SSSR count). The summed E-state index contributed by atoms with van der Waals surface area (Å²) in [5.74, 6) is 0.0364. The Hall–Kier alpha value is -2.29. The fourth-order valence-electron chi connectivity index (χ4n) is 2.69. The maximum absolute atomic E-state index is 12.7. The van der Waals surface area contributed by atoms with Crippen molar-refractivity contribution in [2.24, 2.45) is 0 Å². The van der Waals surface area contributed by atoms with Crippen molar-refractivity contribution < 1.29 is 4.79 Å². The van der Waals surface area contributed by atoms with Crippen molar-refractivity contribution in [1.82, 2.24) is 10.2 Å². The van der Waals surface area contributed by atoms with E-state index in [1.54, 1.807) is 12.2 Å². The topological polar surface area (TPSA) is 32.3 Å². The third-order valence-electron chi connectivity index (χ3n) is 3.71. The summed E-state index contributed by atoms with van der Waals surface area (Å²) in [6.07, 6.45) is 4.37. The summed E-state index contributed by atoms with van der Waals surface area (Å²) in [6, 6.07) is 10.2. The molecule has 0 aliphatic carbocycles. The molecule has 0 saturated carbocycles. The van der Waals surface area contributed by atoms with Crippen LogP contribution < -0.4 is 5.32 Å². The molecule has 0 aromatic heterocycles. The van der Waals surface area contributed by atoms with Crippen molar-refractivity contribution >= 4 is 5.91 Å². The number of hydrogen-bond acceptors (Lipinski definition) is 2. The van der Waals surface area contributed by atoms with Crippen molar-refractivity contribution in [3.05, 3.63) is 72.5 Å². The van der Waals surface area contributed by atoms with Gasteiger partial charge in [0.2, 0.25) is 0 Å². The minimum atomic E-state index is 0.0364. The Kier molecular flexibility index (Phi) is 4.99. The van der Waals surface area contributed by atoms with Crippen molar-refractivity contribution in [3.8, 4) is 0 Å². The van der Waals surface area contributed by atoms with E-state index >= 15 is 0 Å². The number of nitrogens with one attached hydrogen (secondary N) is 1. The maximum atomic E-state index is 12.7. The number of carbonyl (C=O) groups excluding carboxylic acids is 1. The minimum absolute atomic E-state index is 0.0364. The van der Waals surface area contributed by atoms with Crippen molar-refractivity contribution in [1.29, 1.82) is 0 Å². The van der Waals surface area contributed by atoms with E-state index in [4.69, 9.17) is 0 Å². The van der Waals surface area contributed by atoms with Gasteiger partial charge in [-0.15, -0.1) is 13.2 Å². The second-order valence-corrected chi connectivity index (χ2v) is 5.20. The Morgan fingerprint density at radius 3 is 2.62 bits per heavy atom. The van der Waals surface area contributed by atoms with Gasteiger partial charge < -0.3 is 10.2 Å². The standard InChI is InChI=1S/C18H22N2O/c1-4-11-19-17-14(3)13-16(15-9-7-6-8-10-15)20(12-5-2)18(17)21/h4-10,16,19H,1-2,11-13H2,3H3. The van der Waals surface area contributed by atoms with Crippen LogP contribution in [0.3, 0.4) is 0 Å². The molecule has 1 unspecified atom stereocenters. The molecule has 0 radical (unpaired) electrons. The lowest BCUT2D eigenvalue weighted by Gasteiger charge is -2.37. The van der Waals surface area contributed by atoms with E-state index in [2.05, 4.69) is 30.6 Å². The first-order chi connectivity index (χ1) is 10.2. The Labute approximate surface area is 126 Å². The van der Waals surface area contributed by atoms with Gasteiger partial charge in [-0.3, -0.25) is 4.79 Å². The van der Waals surface area contributed by atoms with E-state index in [0.29, 0.717) is 18.8 Å². The van der Waals surface area contributed by atoms with Crippen LogP contribution in [0.2, 0.25) is 0 Å². The molecule has 1 atom stereocenters. The fourth-order valence-corrected chi connectivity index (χ4v) is 2.69. The predicted molar refractivity (Wildman–Crippen MR) is 86.6 cm³/mol. The van der Waals surface area contributed by atoms with E-state index in [1.165, 1.54) is 0 Å². The smallest absolute Gasteiger partial charge is 0.270 e. The molecule has 1 aliphatic rings. The average Bonchev–Trinajstić information content (AvgIpc) is 2.50. The van der Waals surface area contributed by atoms with E-state index < -0.39 is 0 Å². The monoisotopic (exact) mass is 282 g/mol. The van der Waals surface area contributed by atoms with Gasteiger partial charge in [0.15, 0.2) is 0 Å². The average molecular weight is 282 g/mol. The summed E-state index contributed by atoms with van der Waals surface area (Å²) in [5, 5.41) is 3.17. The van der Waals surface area contributed by atoms with Gasteiger partial charge in [-0.25, -0.2) is 0 Å². The molecule has 0 spiro atoms. The Morgan fingerprint density at radius 2 is 2.00 bits per heavy atom. The first-order valence-electron chi connectivity index (χ1n) is 7.20. The van der Waals surface area contributed by atoms with E-state index in [0.717, 1.165) is 17.6 Å². The first-order valence-corrected chi connectivity index (χ1v) is 7.20. The van der Waals surface area contributed by atoms with Gasteiger partial charge in [0.1, 0.15) is 0 Å². The Morgan fingerprint density at radius 1 is 1.29 bits per heavy atom. The third-order valence-corrected chi connectivity index (χ3v) is 3.71. The normalized spacial score (nSPS) is 18.6. The number of amides is 1. The van der Waals surface area contributed by atoms with Gasteiger partial charge in [-0.2, -0.15) is 0 Å². The second-order valence-electron chi connectivity index (χ2n) is 5.20. The van der Waals surface area contributed by atoms with Gasteiger partial charge >= 0.3 is 0 Å². The molecule has 1 aliphatic heterocycles. The second kappa shape index (κ2) is 6.93. The SMILES string of the molecule is C=CCNC1=C(C)CC(c2ccccc2)N(CC=C)C1=O. The van der Waals surface area contributed by atoms with Gasteiger partial charge in [0.05, 0.1) is 11.7 Å². The molecule has 3 heteroatoms. The van der Waals surface area contributed by atoms with Crippen molar-refractivity contribution in [3.63, 3.8) is 0 Å². The predicted octanol–water partition coefficient (Wildman–Crippen LogP) is 3.20. The molecular weight excluding hydrogens is 260 g/mol. The molecule has 0 bridgehead atoms. The van der Waals surface area contributed by atoms with E-state index in [-0.39, 0.29) is 11.9 Å². The molecule has 1 heterocycles. The van der Waals surface area contributed by atoms with Crippen LogP contribution in [-0.2, 0) is 4.79 Å². The summed E-state index contributed by atoms with van der Waals surface area (Å²) >= 11 is 0. The van der Waals surface area contributed by atoms with Gasteiger partial charge in [0.25, 0.3) is 5.91 Å². The van der Waals surface area contributed by atoms with Gasteiger partial charge in [-0.1, -0.05) is 42.5 Å². The highest BCUT2D eigenvalue weighted by Gasteiger charge is 2.32. The van der Waals surface area contributed by atoms with Gasteiger partial charge in [-0.05, 0) is 24.5 Å². The largest absolute Gasteiger partial charge is 0.377 e. The van der Waals surface area contributed by atoms with E-state index in [9.17, 15) is 4.79 Å². The Balaban J connectivity index is 2.35. The summed E-state index contributed by atoms with van der Waals surface area (Å²) in [6.45, 7) is 10.6. The number of benzene rings is 1. The highest BCUT2D eigenvalue weighted by Crippen LogP contribution is 2.33. The quantitative estimate of drug-likeness (QED) is 0.813. The van der Waals surface area contributed by atoms with Crippen LogP contribution >= 0.6 is 0 Å². The molecule has 1 amide bonds. The Bertz CT molecular complexity index is 560. The first kappa shape index (κ1) is 15.1. The highest BCUT2D eigenvalue weighted by atomic mass is 16.2. The molecule has 1 N–H and O–H groups in total. The lowest BCUT2D eigenvalue weighted by molar-refractivity contribution is -0.130. The number of carbonyl (C=O) groups is 1. The van der Waals surface area contributed by atoms with Crippen molar-refractivity contribution in [2.75, 3.05) is 13.1 Å². The summed E-state index contributed by atoms with van der Waals surface area (Å²) in [5.41, 5.74) is 2.95. The lowest BCUT2D eigenvalue weighted by atomic mass is 9.92. The van der Waals surface area contributed by atoms with Gasteiger partial charge in [0, 0.05) is 13.1 Å². The number of nitrogens with zero attached hydrogens (tertiary/aromatic N) is 1. The summed E-state index contributed by atoms with van der Waals surface area (Å²) in [7, 11) is 0. The number of rotatable bonds is 6. The molecule has 0 saturated heterocycles. The van der Waals surface area contributed by atoms with Crippen molar-refractivity contribution in [2.45, 2.75) is 19.4 Å². The zero-order valence-corrected chi connectivity index (χ0v) is 12.5. The molecule has 1 aromatic carbocycles. The summed E-state index contributed by atoms with van der Waals surface area (Å²) in [4.78, 5) is 14.6. The molecular formula is C18H22N2O. The summed E-state index contributed by atoms with van der Waals surface area (Å²) < 4.78 is 0.